The summed E-state index contributed by atoms with van der Waals surface area (Å²) in [5.41, 5.74) is 1.87. The third-order valence-electron chi connectivity index (χ3n) is 3.81. The fourth-order valence-corrected chi connectivity index (χ4v) is 2.62. The number of likely N-dealkylation sites (N-methyl/N-ethyl adjacent to an activating group) is 1. The van der Waals surface area contributed by atoms with Gasteiger partial charge in [-0.15, -0.1) is 0 Å². The molecule has 2 rings (SSSR count). The molecule has 0 heterocycles. The maximum absolute atomic E-state index is 12.3. The molecule has 7 nitrogen and oxygen atoms in total. The van der Waals surface area contributed by atoms with Crippen molar-refractivity contribution in [1.82, 2.24) is 0 Å². The maximum Gasteiger partial charge on any atom is 0.293 e. The molecule has 7 heteroatoms. The largest absolute Gasteiger partial charge is 0.497 e. The number of nitro benzene ring substituents is 1. The van der Waals surface area contributed by atoms with Crippen molar-refractivity contribution in [1.29, 1.82) is 0 Å². The van der Waals surface area contributed by atoms with Gasteiger partial charge in [-0.1, -0.05) is 24.3 Å². The molecule has 0 bridgehead atoms. The summed E-state index contributed by atoms with van der Waals surface area (Å²) in [6.45, 7) is 2.57. The Morgan fingerprint density at radius 1 is 1.28 bits per heavy atom. The molecule has 0 saturated carbocycles. The first-order chi connectivity index (χ1) is 11.9. The Kier molecular flexibility index (Phi) is 6.08. The minimum Gasteiger partial charge on any atom is -0.497 e. The summed E-state index contributed by atoms with van der Waals surface area (Å²) in [7, 11) is 3.50. The van der Waals surface area contributed by atoms with Crippen molar-refractivity contribution in [2.75, 3.05) is 26.0 Å². The highest BCUT2D eigenvalue weighted by Gasteiger charge is 2.19. The Balaban J connectivity index is 2.01. The summed E-state index contributed by atoms with van der Waals surface area (Å²) < 4.78 is 5.19. The number of nitro groups is 1. The predicted molar refractivity (Wildman–Crippen MR) is 94.9 cm³/mol. The smallest absolute Gasteiger partial charge is 0.293 e. The molecule has 25 heavy (non-hydrogen) atoms. The van der Waals surface area contributed by atoms with Crippen LogP contribution in [-0.4, -0.2) is 31.5 Å². The second-order valence-electron chi connectivity index (χ2n) is 5.94. The summed E-state index contributed by atoms with van der Waals surface area (Å²) in [5, 5.41) is 13.8. The number of carbonyl (C=O) groups is 1. The van der Waals surface area contributed by atoms with E-state index in [1.165, 1.54) is 6.07 Å². The van der Waals surface area contributed by atoms with Gasteiger partial charge in [0.2, 0.25) is 0 Å². The lowest BCUT2D eigenvalue weighted by Crippen LogP contribution is -3.08. The molecule has 1 amide bonds. The Bertz CT molecular complexity index is 777. The minimum atomic E-state index is -0.491. The number of carbonyl (C=O) groups excluding carboxylic acids is 1. The van der Waals surface area contributed by atoms with Crippen LogP contribution in [0.4, 0.5) is 11.4 Å². The number of hydrogen-bond acceptors (Lipinski definition) is 4. The van der Waals surface area contributed by atoms with E-state index in [1.807, 2.05) is 31.3 Å². The van der Waals surface area contributed by atoms with Crippen LogP contribution in [0.25, 0.3) is 0 Å². The molecule has 0 radical (unpaired) electrons. The second-order valence-corrected chi connectivity index (χ2v) is 5.94. The van der Waals surface area contributed by atoms with Gasteiger partial charge in [-0.25, -0.2) is 0 Å². The normalized spacial score (nSPS) is 11.6. The van der Waals surface area contributed by atoms with E-state index in [4.69, 9.17) is 4.74 Å². The molecule has 2 aromatic rings. The lowest BCUT2D eigenvalue weighted by Gasteiger charge is -2.15. The van der Waals surface area contributed by atoms with Crippen molar-refractivity contribution < 1.29 is 19.4 Å². The van der Waals surface area contributed by atoms with Crippen molar-refractivity contribution in [3.8, 4) is 5.75 Å². The van der Waals surface area contributed by atoms with Gasteiger partial charge in [-0.2, -0.15) is 0 Å². The van der Waals surface area contributed by atoms with Gasteiger partial charge in [0.1, 0.15) is 18.0 Å². The van der Waals surface area contributed by atoms with Crippen molar-refractivity contribution >= 4 is 17.3 Å². The molecule has 132 valence electrons. The minimum absolute atomic E-state index is 0.0983. The fourth-order valence-electron chi connectivity index (χ4n) is 2.62. The zero-order valence-electron chi connectivity index (χ0n) is 14.5. The van der Waals surface area contributed by atoms with Gasteiger partial charge < -0.3 is 15.0 Å². The van der Waals surface area contributed by atoms with E-state index in [0.717, 1.165) is 16.2 Å². The number of nitrogens with one attached hydrogen (secondary N) is 2. The first-order valence-corrected chi connectivity index (χ1v) is 7.88. The van der Waals surface area contributed by atoms with E-state index in [2.05, 4.69) is 5.32 Å². The van der Waals surface area contributed by atoms with Crippen LogP contribution in [0.15, 0.2) is 42.5 Å². The number of anilines is 1. The van der Waals surface area contributed by atoms with Crippen LogP contribution in [0.3, 0.4) is 0 Å². The van der Waals surface area contributed by atoms with Crippen molar-refractivity contribution in [2.24, 2.45) is 0 Å². The lowest BCUT2D eigenvalue weighted by molar-refractivity contribution is -0.885. The van der Waals surface area contributed by atoms with Crippen LogP contribution in [0.1, 0.15) is 11.1 Å². The standard InChI is InChI=1S/C18H21N3O4/c1-13-6-4-9-16(21(23)24)18(13)19-17(22)12-20(2)11-14-7-5-8-15(10-14)25-3/h4-10H,11-12H2,1-3H3,(H,19,22)/p+1. The predicted octanol–water partition coefficient (Wildman–Crippen LogP) is 1.57. The van der Waals surface area contributed by atoms with Crippen LogP contribution in [0.2, 0.25) is 0 Å². The number of benzene rings is 2. The van der Waals surface area contributed by atoms with Crippen LogP contribution < -0.4 is 15.0 Å². The lowest BCUT2D eigenvalue weighted by atomic mass is 10.1. The topological polar surface area (TPSA) is 85.9 Å². The highest BCUT2D eigenvalue weighted by atomic mass is 16.6. The van der Waals surface area contributed by atoms with Crippen LogP contribution in [0.5, 0.6) is 5.75 Å². The molecule has 2 N–H and O–H groups in total. The Morgan fingerprint density at radius 2 is 2.00 bits per heavy atom. The number of para-hydroxylation sites is 1. The van der Waals surface area contributed by atoms with Crippen LogP contribution >= 0.6 is 0 Å². The highest BCUT2D eigenvalue weighted by Crippen LogP contribution is 2.27. The molecule has 1 unspecified atom stereocenters. The number of aryl methyl sites for hydroxylation is 1. The Morgan fingerprint density at radius 3 is 2.68 bits per heavy atom. The second kappa shape index (κ2) is 8.25. The molecular weight excluding hydrogens is 322 g/mol. The van der Waals surface area contributed by atoms with Gasteiger partial charge in [0.25, 0.3) is 11.6 Å². The number of hydrogen-bond donors (Lipinski definition) is 2. The zero-order chi connectivity index (χ0) is 18.4. The van der Waals surface area contributed by atoms with Crippen molar-refractivity contribution in [2.45, 2.75) is 13.5 Å². The Hall–Kier alpha value is -2.93. The van der Waals surface area contributed by atoms with Gasteiger partial charge in [-0.05, 0) is 24.6 Å². The Labute approximate surface area is 146 Å². The van der Waals surface area contributed by atoms with Crippen LogP contribution in [0, 0.1) is 17.0 Å². The van der Waals surface area contributed by atoms with E-state index in [9.17, 15) is 14.9 Å². The number of ether oxygens (including phenoxy) is 1. The third-order valence-corrected chi connectivity index (χ3v) is 3.81. The van der Waals surface area contributed by atoms with Crippen LogP contribution in [-0.2, 0) is 11.3 Å². The summed E-state index contributed by atoms with van der Waals surface area (Å²) >= 11 is 0. The summed E-state index contributed by atoms with van der Waals surface area (Å²) in [6.07, 6.45) is 0. The number of nitrogens with zero attached hydrogens (tertiary/aromatic N) is 1. The van der Waals surface area contributed by atoms with Gasteiger partial charge in [-0.3, -0.25) is 14.9 Å². The van der Waals surface area contributed by atoms with Gasteiger partial charge in [0.15, 0.2) is 6.54 Å². The summed E-state index contributed by atoms with van der Waals surface area (Å²) in [6, 6.07) is 12.4. The van der Waals surface area contributed by atoms with Gasteiger partial charge in [0, 0.05) is 11.6 Å². The SMILES string of the molecule is COc1cccc(C[NH+](C)CC(=O)Nc2c(C)cccc2[N+](=O)[O-])c1. The molecule has 0 aliphatic rings. The first-order valence-electron chi connectivity index (χ1n) is 7.88. The number of amides is 1. The van der Waals surface area contributed by atoms with Gasteiger partial charge in [0.05, 0.1) is 19.1 Å². The molecular formula is C18H22N3O4+. The summed E-state index contributed by atoms with van der Waals surface area (Å²) in [4.78, 5) is 23.9. The third kappa shape index (κ3) is 5.02. The zero-order valence-corrected chi connectivity index (χ0v) is 14.5. The monoisotopic (exact) mass is 344 g/mol. The van der Waals surface area contributed by atoms with E-state index < -0.39 is 4.92 Å². The highest BCUT2D eigenvalue weighted by molar-refractivity contribution is 5.94. The quantitative estimate of drug-likeness (QED) is 0.590. The van der Waals surface area contributed by atoms with Crippen molar-refractivity contribution in [3.63, 3.8) is 0 Å². The summed E-state index contributed by atoms with van der Waals surface area (Å²) in [5.74, 6) is 0.503. The van der Waals surface area contributed by atoms with Crippen molar-refractivity contribution in [3.05, 3.63) is 63.7 Å². The molecule has 0 aliphatic carbocycles. The molecule has 0 spiro atoms. The fraction of sp³-hybridized carbons (Fsp3) is 0.278. The molecule has 1 atom stereocenters. The average Bonchev–Trinajstić information content (AvgIpc) is 2.56. The molecule has 2 aromatic carbocycles. The van der Waals surface area contributed by atoms with Gasteiger partial charge >= 0.3 is 0 Å². The van der Waals surface area contributed by atoms with E-state index in [1.54, 1.807) is 26.2 Å². The first kappa shape index (κ1) is 18.4. The number of quaternary nitrogens is 1. The molecule has 0 saturated heterocycles. The molecule has 0 fully saturated rings. The molecule has 0 aliphatic heterocycles. The number of methoxy groups -OCH3 is 1. The number of rotatable bonds is 7. The van der Waals surface area contributed by atoms with E-state index in [0.29, 0.717) is 12.1 Å². The van der Waals surface area contributed by atoms with E-state index >= 15 is 0 Å². The van der Waals surface area contributed by atoms with E-state index in [-0.39, 0.29) is 23.8 Å². The average molecular weight is 344 g/mol. The molecule has 0 aromatic heterocycles. The maximum atomic E-state index is 12.3.